The average molecular weight is 482 g/mol. The number of nitrogens with one attached hydrogen (secondary N) is 1. The zero-order chi connectivity index (χ0) is 22.9. The monoisotopic (exact) mass is 481 g/mol. The van der Waals surface area contributed by atoms with Crippen molar-refractivity contribution in [1.82, 2.24) is 19.7 Å². The van der Waals surface area contributed by atoms with Gasteiger partial charge in [-0.15, -0.1) is 0 Å². The molecule has 1 amide bonds. The van der Waals surface area contributed by atoms with E-state index in [4.69, 9.17) is 22.1 Å². The first kappa shape index (κ1) is 25.7. The first-order valence-electron chi connectivity index (χ1n) is 10.2. The van der Waals surface area contributed by atoms with Gasteiger partial charge in [0, 0.05) is 30.4 Å². The number of aromatic nitrogens is 3. The van der Waals surface area contributed by atoms with Gasteiger partial charge in [-0.1, -0.05) is 25.4 Å². The number of fused-ring (bicyclic) bond motifs is 1. The zero-order valence-corrected chi connectivity index (χ0v) is 20.5. The molecule has 0 fully saturated rings. The van der Waals surface area contributed by atoms with E-state index < -0.39 is 11.7 Å². The number of imidazole rings is 1. The molecule has 3 rings (SSSR count). The number of aryl methyl sites for hydroxylation is 1. The number of ether oxygens (including phenoxy) is 1. The third kappa shape index (κ3) is 4.78. The lowest BCUT2D eigenvalue weighted by Gasteiger charge is -2.22. The minimum absolute atomic E-state index is 0. The maximum atomic E-state index is 15.0. The van der Waals surface area contributed by atoms with E-state index in [9.17, 15) is 4.79 Å². The molecule has 0 saturated carbocycles. The van der Waals surface area contributed by atoms with Gasteiger partial charge >= 0.3 is 0 Å². The minimum atomic E-state index is -0.806. The summed E-state index contributed by atoms with van der Waals surface area (Å²) in [6, 6.07) is 1.50. The Balaban J connectivity index is 0.00000363. The summed E-state index contributed by atoms with van der Waals surface area (Å²) in [6.07, 6.45) is 3.78. The van der Waals surface area contributed by atoms with Crippen molar-refractivity contribution < 1.29 is 13.9 Å². The fraction of sp³-hybridized carbons (Fsp3) is 0.409. The molecule has 2 heterocycles. The number of amides is 1. The smallest absolute Gasteiger partial charge is 0.258 e. The van der Waals surface area contributed by atoms with E-state index in [-0.39, 0.29) is 41.9 Å². The maximum absolute atomic E-state index is 15.0. The van der Waals surface area contributed by atoms with E-state index in [2.05, 4.69) is 15.3 Å². The summed E-state index contributed by atoms with van der Waals surface area (Å²) in [5.41, 5.74) is 7.81. The van der Waals surface area contributed by atoms with Crippen LogP contribution in [0.25, 0.3) is 5.52 Å². The Morgan fingerprint density at radius 2 is 2.06 bits per heavy atom. The van der Waals surface area contributed by atoms with Gasteiger partial charge in [0.05, 0.1) is 16.8 Å². The van der Waals surface area contributed by atoms with Gasteiger partial charge in [-0.3, -0.25) is 9.20 Å². The van der Waals surface area contributed by atoms with Gasteiger partial charge in [-0.25, -0.2) is 14.4 Å². The lowest BCUT2D eigenvalue weighted by Crippen LogP contribution is -2.27. The van der Waals surface area contributed by atoms with Crippen LogP contribution in [-0.2, 0) is 0 Å². The van der Waals surface area contributed by atoms with E-state index in [1.165, 1.54) is 6.07 Å². The van der Waals surface area contributed by atoms with Crippen molar-refractivity contribution >= 4 is 42.3 Å². The number of benzene rings is 1. The number of nitrogens with two attached hydrogens (primary N) is 1. The SMILES string of the molecule is CCCNC(=O)c1c(F)c(Cl)cc([C@H](C)c2nc(C)c3c(N)nccn23)c1OC(C)C.S. The molecule has 174 valence electrons. The molecule has 1 aromatic carbocycles. The molecule has 7 nitrogen and oxygen atoms in total. The second kappa shape index (κ2) is 10.4. The summed E-state index contributed by atoms with van der Waals surface area (Å²) in [6.45, 7) is 9.70. The van der Waals surface area contributed by atoms with Gasteiger partial charge in [0.25, 0.3) is 5.91 Å². The Morgan fingerprint density at radius 1 is 1.38 bits per heavy atom. The number of halogens is 2. The molecule has 0 aliphatic heterocycles. The van der Waals surface area contributed by atoms with Crippen LogP contribution in [0.3, 0.4) is 0 Å². The molecular weight excluding hydrogens is 453 g/mol. The predicted molar refractivity (Wildman–Crippen MR) is 130 cm³/mol. The highest BCUT2D eigenvalue weighted by atomic mass is 35.5. The van der Waals surface area contributed by atoms with Gasteiger partial charge in [0.15, 0.2) is 5.82 Å². The van der Waals surface area contributed by atoms with Gasteiger partial charge in [-0.2, -0.15) is 13.5 Å². The summed E-state index contributed by atoms with van der Waals surface area (Å²) in [5.74, 6) is -0.579. The van der Waals surface area contributed by atoms with E-state index >= 15 is 4.39 Å². The van der Waals surface area contributed by atoms with Crippen molar-refractivity contribution in [2.75, 3.05) is 12.3 Å². The van der Waals surface area contributed by atoms with Gasteiger partial charge in [0.1, 0.15) is 28.5 Å². The Morgan fingerprint density at radius 3 is 2.69 bits per heavy atom. The Labute approximate surface area is 199 Å². The number of rotatable bonds is 7. The summed E-state index contributed by atoms with van der Waals surface area (Å²) in [4.78, 5) is 21.6. The van der Waals surface area contributed by atoms with E-state index in [0.29, 0.717) is 41.4 Å². The topological polar surface area (TPSA) is 94.5 Å². The molecule has 0 saturated heterocycles. The highest BCUT2D eigenvalue weighted by Gasteiger charge is 2.29. The number of nitrogens with zero attached hydrogens (tertiary/aromatic N) is 3. The number of hydrogen-bond acceptors (Lipinski definition) is 5. The molecule has 0 unspecified atom stereocenters. The van der Waals surface area contributed by atoms with Crippen LogP contribution in [0.5, 0.6) is 5.75 Å². The number of anilines is 1. The third-order valence-electron chi connectivity index (χ3n) is 4.96. The number of hydrogen-bond donors (Lipinski definition) is 2. The van der Waals surface area contributed by atoms with Gasteiger partial charge < -0.3 is 15.8 Å². The van der Waals surface area contributed by atoms with Crippen molar-refractivity contribution in [1.29, 1.82) is 0 Å². The molecule has 32 heavy (non-hydrogen) atoms. The third-order valence-corrected chi connectivity index (χ3v) is 5.23. The molecule has 10 heteroatoms. The molecule has 0 spiro atoms. The highest BCUT2D eigenvalue weighted by molar-refractivity contribution is 7.59. The Hall–Kier alpha value is -2.52. The average Bonchev–Trinajstić information content (AvgIpc) is 3.06. The first-order chi connectivity index (χ1) is 14.7. The van der Waals surface area contributed by atoms with E-state index in [1.807, 2.05) is 39.0 Å². The van der Waals surface area contributed by atoms with Crippen LogP contribution in [0.15, 0.2) is 18.5 Å². The number of nitrogen functional groups attached to an aromatic ring is 1. The maximum Gasteiger partial charge on any atom is 0.258 e. The first-order valence-corrected chi connectivity index (χ1v) is 10.6. The van der Waals surface area contributed by atoms with E-state index in [0.717, 1.165) is 0 Å². The van der Waals surface area contributed by atoms with Crippen molar-refractivity contribution in [2.45, 2.75) is 53.1 Å². The second-order valence-electron chi connectivity index (χ2n) is 7.70. The van der Waals surface area contributed by atoms with E-state index in [1.54, 1.807) is 12.4 Å². The molecule has 2 aromatic heterocycles. The van der Waals surface area contributed by atoms with Crippen LogP contribution in [0, 0.1) is 12.7 Å². The van der Waals surface area contributed by atoms with Crippen molar-refractivity contribution in [3.8, 4) is 5.75 Å². The molecule has 0 bridgehead atoms. The summed E-state index contributed by atoms with van der Waals surface area (Å²) < 4.78 is 22.8. The van der Waals surface area contributed by atoms with Crippen LogP contribution in [0.1, 0.15) is 67.5 Å². The van der Waals surface area contributed by atoms with Crippen molar-refractivity contribution in [3.63, 3.8) is 0 Å². The largest absolute Gasteiger partial charge is 0.490 e. The highest BCUT2D eigenvalue weighted by Crippen LogP contribution is 2.39. The fourth-order valence-corrected chi connectivity index (χ4v) is 3.77. The predicted octanol–water partition coefficient (Wildman–Crippen LogP) is 4.60. The van der Waals surface area contributed by atoms with Crippen LogP contribution in [0.2, 0.25) is 5.02 Å². The van der Waals surface area contributed by atoms with Crippen molar-refractivity contribution in [2.24, 2.45) is 0 Å². The zero-order valence-electron chi connectivity index (χ0n) is 18.8. The minimum Gasteiger partial charge on any atom is -0.490 e. The Kier molecular flexibility index (Phi) is 8.36. The number of carbonyl (C=O) groups is 1. The normalized spacial score (nSPS) is 12.0. The van der Waals surface area contributed by atoms with Crippen LogP contribution >= 0.6 is 25.1 Å². The van der Waals surface area contributed by atoms with Crippen LogP contribution in [0.4, 0.5) is 10.2 Å². The summed E-state index contributed by atoms with van der Waals surface area (Å²) in [7, 11) is 0. The lowest BCUT2D eigenvalue weighted by molar-refractivity contribution is 0.0943. The molecule has 0 radical (unpaired) electrons. The Bertz CT molecular complexity index is 1140. The second-order valence-corrected chi connectivity index (χ2v) is 8.10. The molecule has 1 atom stereocenters. The van der Waals surface area contributed by atoms with Gasteiger partial charge in [-0.05, 0) is 33.3 Å². The van der Waals surface area contributed by atoms with Crippen molar-refractivity contribution in [3.05, 3.63) is 51.9 Å². The molecule has 0 aliphatic carbocycles. The molecular formula is C22H29ClFN5O2S. The lowest BCUT2D eigenvalue weighted by atomic mass is 9.95. The number of carbonyl (C=O) groups excluding carboxylic acids is 1. The molecule has 0 aliphatic rings. The fourth-order valence-electron chi connectivity index (χ4n) is 3.56. The standard InChI is InChI=1S/C22H27ClFN5O2.H2S/c1-6-7-27-22(30)16-17(24)15(23)10-14(19(16)31-11(2)3)12(4)21-28-13(5)18-20(25)26-8-9-29(18)21;/h8-12H,6-7H2,1-5H3,(H2,25,26)(H,27,30);1H2/t12-;/m0./s1. The summed E-state index contributed by atoms with van der Waals surface area (Å²) in [5, 5.41) is 2.56. The summed E-state index contributed by atoms with van der Waals surface area (Å²) >= 11 is 6.22. The molecule has 3 aromatic rings. The van der Waals surface area contributed by atoms with Crippen LogP contribution < -0.4 is 15.8 Å². The molecule has 3 N–H and O–H groups in total. The quantitative estimate of drug-likeness (QED) is 0.514. The van der Waals surface area contributed by atoms with Gasteiger partial charge in [0.2, 0.25) is 0 Å². The van der Waals surface area contributed by atoms with Crippen LogP contribution in [-0.4, -0.2) is 32.9 Å².